The first kappa shape index (κ1) is 20.7. The maximum atomic E-state index is 10.4. The molecule has 0 aliphatic rings. The molecule has 2 aromatic heterocycles. The second-order valence-corrected chi connectivity index (χ2v) is 7.92. The van der Waals surface area contributed by atoms with Crippen molar-refractivity contribution in [1.82, 2.24) is 14.8 Å². The van der Waals surface area contributed by atoms with Gasteiger partial charge in [0.05, 0.1) is 25.6 Å². The van der Waals surface area contributed by atoms with Crippen molar-refractivity contribution in [2.45, 2.75) is 17.9 Å². The molecule has 0 saturated heterocycles. The Labute approximate surface area is 183 Å². The predicted octanol–water partition coefficient (Wildman–Crippen LogP) is 4.85. The molecule has 0 fully saturated rings. The Morgan fingerprint density at radius 2 is 1.83 bits per heavy atom. The first-order valence-corrected chi connectivity index (χ1v) is 10.8. The van der Waals surface area contributed by atoms with Gasteiger partial charge in [-0.05, 0) is 35.9 Å². The minimum atomic E-state index is -0.662. The maximum Gasteiger partial charge on any atom is 0.205 e. The van der Waals surface area contributed by atoms with E-state index in [1.807, 2.05) is 71.3 Å². The summed E-state index contributed by atoms with van der Waals surface area (Å²) >= 11 is 7.54. The molecule has 6 nitrogen and oxygen atoms in total. The minimum Gasteiger partial charge on any atom is -0.461 e. The van der Waals surface area contributed by atoms with Crippen LogP contribution in [0.15, 0.2) is 82.6 Å². The van der Waals surface area contributed by atoms with Crippen molar-refractivity contribution in [3.8, 4) is 17.3 Å². The molecule has 8 heteroatoms. The van der Waals surface area contributed by atoms with Gasteiger partial charge in [0.15, 0.2) is 10.9 Å². The van der Waals surface area contributed by atoms with Gasteiger partial charge in [0.2, 0.25) is 5.82 Å². The van der Waals surface area contributed by atoms with Crippen molar-refractivity contribution in [1.29, 1.82) is 0 Å². The van der Waals surface area contributed by atoms with Crippen LogP contribution in [0.5, 0.6) is 0 Å². The summed E-state index contributed by atoms with van der Waals surface area (Å²) in [6, 6.07) is 21.0. The van der Waals surface area contributed by atoms with Gasteiger partial charge in [0.25, 0.3) is 0 Å². The van der Waals surface area contributed by atoms with Crippen LogP contribution in [0.4, 0.5) is 0 Å². The fourth-order valence-corrected chi connectivity index (χ4v) is 3.93. The second kappa shape index (κ2) is 9.95. The van der Waals surface area contributed by atoms with E-state index >= 15 is 0 Å². The molecule has 4 rings (SSSR count). The molecule has 2 aromatic carbocycles. The number of aliphatic hydroxyl groups excluding tert-OH is 1. The molecule has 1 N–H and O–H groups in total. The van der Waals surface area contributed by atoms with Gasteiger partial charge in [0.1, 0.15) is 0 Å². The first-order chi connectivity index (χ1) is 14.7. The van der Waals surface area contributed by atoms with E-state index in [0.29, 0.717) is 34.1 Å². The zero-order valence-electron chi connectivity index (χ0n) is 16.0. The van der Waals surface area contributed by atoms with Crippen molar-refractivity contribution in [2.24, 2.45) is 0 Å². The summed E-state index contributed by atoms with van der Waals surface area (Å²) in [5, 5.41) is 20.3. The van der Waals surface area contributed by atoms with E-state index in [4.69, 9.17) is 20.8 Å². The number of thioether (sulfide) groups is 1. The summed E-state index contributed by atoms with van der Waals surface area (Å²) < 4.78 is 13.1. The number of aromatic nitrogens is 3. The molecule has 2 heterocycles. The zero-order chi connectivity index (χ0) is 20.8. The Bertz CT molecular complexity index is 1070. The smallest absolute Gasteiger partial charge is 0.205 e. The number of halogens is 1. The Morgan fingerprint density at radius 3 is 2.60 bits per heavy atom. The molecule has 30 heavy (non-hydrogen) atoms. The van der Waals surface area contributed by atoms with Gasteiger partial charge in [-0.2, -0.15) is 0 Å². The molecule has 4 aromatic rings. The highest BCUT2D eigenvalue weighted by Gasteiger charge is 2.19. The Morgan fingerprint density at radius 1 is 1.03 bits per heavy atom. The number of rotatable bonds is 9. The van der Waals surface area contributed by atoms with Crippen LogP contribution in [0.2, 0.25) is 5.02 Å². The van der Waals surface area contributed by atoms with Crippen molar-refractivity contribution in [2.75, 3.05) is 12.4 Å². The standard InChI is InChI=1S/C22H20ClN3O3S/c23-19-10-5-4-7-16(19)13-28-14-18(27)15-30-22-25-24-21(20-11-6-12-29-20)26(22)17-8-2-1-3-9-17/h1-12,18,27H,13-15H2. The van der Waals surface area contributed by atoms with Crippen LogP contribution in [-0.4, -0.2) is 38.3 Å². The lowest BCUT2D eigenvalue weighted by Crippen LogP contribution is -2.18. The summed E-state index contributed by atoms with van der Waals surface area (Å²) in [5.41, 5.74) is 1.81. The molecule has 0 bridgehead atoms. The highest BCUT2D eigenvalue weighted by atomic mass is 35.5. The largest absolute Gasteiger partial charge is 0.461 e. The minimum absolute atomic E-state index is 0.197. The number of para-hydroxylation sites is 1. The van der Waals surface area contributed by atoms with Crippen LogP contribution in [0, 0.1) is 0 Å². The maximum absolute atomic E-state index is 10.4. The summed E-state index contributed by atoms with van der Waals surface area (Å²) in [6.45, 7) is 0.549. The summed E-state index contributed by atoms with van der Waals surface area (Å²) in [4.78, 5) is 0. The molecule has 0 saturated carbocycles. The Hall–Kier alpha value is -2.58. The van der Waals surface area contributed by atoms with Gasteiger partial charge in [-0.15, -0.1) is 10.2 Å². The number of hydrogen-bond acceptors (Lipinski definition) is 6. The van der Waals surface area contributed by atoms with Crippen LogP contribution >= 0.6 is 23.4 Å². The van der Waals surface area contributed by atoms with Crippen molar-refractivity contribution >= 4 is 23.4 Å². The van der Waals surface area contributed by atoms with E-state index in [0.717, 1.165) is 11.3 Å². The number of furan rings is 1. The number of hydrogen-bond donors (Lipinski definition) is 1. The Balaban J connectivity index is 1.41. The van der Waals surface area contributed by atoms with Gasteiger partial charge in [0, 0.05) is 16.5 Å². The Kier molecular flexibility index (Phi) is 6.86. The van der Waals surface area contributed by atoms with E-state index in [-0.39, 0.29) is 6.61 Å². The van der Waals surface area contributed by atoms with Crippen LogP contribution in [-0.2, 0) is 11.3 Å². The van der Waals surface area contributed by atoms with E-state index in [1.54, 1.807) is 6.26 Å². The molecule has 1 unspecified atom stereocenters. The number of nitrogens with zero attached hydrogens (tertiary/aromatic N) is 3. The summed E-state index contributed by atoms with van der Waals surface area (Å²) in [6.07, 6.45) is 0.942. The highest BCUT2D eigenvalue weighted by molar-refractivity contribution is 7.99. The van der Waals surface area contributed by atoms with Gasteiger partial charge >= 0.3 is 0 Å². The molecule has 0 aliphatic carbocycles. The lowest BCUT2D eigenvalue weighted by atomic mass is 10.2. The molecule has 0 aliphatic heterocycles. The van der Waals surface area contributed by atoms with Crippen LogP contribution < -0.4 is 0 Å². The molecule has 0 radical (unpaired) electrons. The van der Waals surface area contributed by atoms with Crippen LogP contribution in [0.1, 0.15) is 5.56 Å². The topological polar surface area (TPSA) is 73.3 Å². The normalized spacial score (nSPS) is 12.2. The highest BCUT2D eigenvalue weighted by Crippen LogP contribution is 2.28. The van der Waals surface area contributed by atoms with Crippen LogP contribution in [0.25, 0.3) is 17.3 Å². The first-order valence-electron chi connectivity index (χ1n) is 9.39. The van der Waals surface area contributed by atoms with E-state index < -0.39 is 6.10 Å². The lowest BCUT2D eigenvalue weighted by Gasteiger charge is -2.13. The lowest BCUT2D eigenvalue weighted by molar-refractivity contribution is 0.0398. The fraction of sp³-hybridized carbons (Fsp3) is 0.182. The molecule has 0 amide bonds. The van der Waals surface area contributed by atoms with Gasteiger partial charge < -0.3 is 14.3 Å². The summed E-state index contributed by atoms with van der Waals surface area (Å²) in [7, 11) is 0. The number of aliphatic hydroxyl groups is 1. The fourth-order valence-electron chi connectivity index (χ4n) is 2.88. The quantitative estimate of drug-likeness (QED) is 0.374. The van der Waals surface area contributed by atoms with E-state index in [1.165, 1.54) is 11.8 Å². The van der Waals surface area contributed by atoms with Crippen molar-refractivity contribution in [3.63, 3.8) is 0 Å². The second-order valence-electron chi connectivity index (χ2n) is 6.53. The van der Waals surface area contributed by atoms with Gasteiger partial charge in [-0.3, -0.25) is 4.57 Å². The monoisotopic (exact) mass is 441 g/mol. The molecular weight excluding hydrogens is 422 g/mol. The van der Waals surface area contributed by atoms with Crippen LogP contribution in [0.3, 0.4) is 0 Å². The molecular formula is C22H20ClN3O3S. The summed E-state index contributed by atoms with van der Waals surface area (Å²) in [5.74, 6) is 1.64. The third-order valence-corrected chi connectivity index (χ3v) is 5.76. The third-order valence-electron chi connectivity index (χ3n) is 4.32. The number of ether oxygens (including phenoxy) is 1. The predicted molar refractivity (Wildman–Crippen MR) is 117 cm³/mol. The van der Waals surface area contributed by atoms with Gasteiger partial charge in [-0.25, -0.2) is 0 Å². The third kappa shape index (κ3) is 4.94. The van der Waals surface area contributed by atoms with Crippen molar-refractivity contribution < 1.29 is 14.3 Å². The molecule has 154 valence electrons. The SMILES string of the molecule is OC(COCc1ccccc1Cl)CSc1nnc(-c2ccco2)n1-c1ccccc1. The van der Waals surface area contributed by atoms with E-state index in [2.05, 4.69) is 10.2 Å². The number of benzene rings is 2. The molecule has 1 atom stereocenters. The zero-order valence-corrected chi connectivity index (χ0v) is 17.6. The van der Waals surface area contributed by atoms with Gasteiger partial charge in [-0.1, -0.05) is 59.8 Å². The average molecular weight is 442 g/mol. The average Bonchev–Trinajstić information content (AvgIpc) is 3.44. The molecule has 0 spiro atoms. The van der Waals surface area contributed by atoms with Crippen molar-refractivity contribution in [3.05, 3.63) is 83.6 Å². The van der Waals surface area contributed by atoms with E-state index in [9.17, 15) is 5.11 Å².